The molecule has 0 spiro atoms. The van der Waals surface area contributed by atoms with Crippen LogP contribution in [0.1, 0.15) is 24.2 Å². The SMILES string of the molecule is C[C@@H](O)[C@@H](OCc1ccccc1)c1ccccc1. The molecule has 0 fully saturated rings. The summed E-state index contributed by atoms with van der Waals surface area (Å²) in [5, 5.41) is 9.82. The molecule has 0 aliphatic heterocycles. The van der Waals surface area contributed by atoms with Gasteiger partial charge in [-0.1, -0.05) is 60.7 Å². The van der Waals surface area contributed by atoms with Gasteiger partial charge in [0.25, 0.3) is 0 Å². The maximum Gasteiger partial charge on any atom is 0.108 e. The molecule has 0 bridgehead atoms. The van der Waals surface area contributed by atoms with Crippen LogP contribution in [0.2, 0.25) is 0 Å². The Morgan fingerprint density at radius 1 is 0.944 bits per heavy atom. The van der Waals surface area contributed by atoms with Crippen LogP contribution in [-0.2, 0) is 11.3 Å². The third kappa shape index (κ3) is 3.42. The zero-order chi connectivity index (χ0) is 12.8. The minimum atomic E-state index is -0.531. The lowest BCUT2D eigenvalue weighted by molar-refractivity contribution is -0.0401. The number of aliphatic hydroxyl groups excluding tert-OH is 1. The Kier molecular flexibility index (Phi) is 4.51. The van der Waals surface area contributed by atoms with Crippen LogP contribution >= 0.6 is 0 Å². The molecule has 2 aromatic carbocycles. The molecule has 0 aliphatic carbocycles. The van der Waals surface area contributed by atoms with E-state index in [1.54, 1.807) is 6.92 Å². The highest BCUT2D eigenvalue weighted by atomic mass is 16.5. The molecule has 0 heterocycles. The van der Waals surface area contributed by atoms with Crippen LogP contribution < -0.4 is 0 Å². The summed E-state index contributed by atoms with van der Waals surface area (Å²) in [7, 11) is 0. The fraction of sp³-hybridized carbons (Fsp3) is 0.250. The predicted octanol–water partition coefficient (Wildman–Crippen LogP) is 3.33. The van der Waals surface area contributed by atoms with Crippen molar-refractivity contribution < 1.29 is 9.84 Å². The first-order chi connectivity index (χ1) is 8.77. The third-order valence-electron chi connectivity index (χ3n) is 2.84. The Morgan fingerprint density at radius 2 is 1.50 bits per heavy atom. The maximum absolute atomic E-state index is 9.82. The van der Waals surface area contributed by atoms with E-state index in [4.69, 9.17) is 4.74 Å². The standard InChI is InChI=1S/C16H18O2/c1-13(17)16(15-10-6-3-7-11-15)18-12-14-8-4-2-5-9-14/h2-11,13,16-17H,12H2,1H3/t13-,16-/m1/s1. The molecular formula is C16H18O2. The van der Waals surface area contributed by atoms with Crippen molar-refractivity contribution in [1.82, 2.24) is 0 Å². The van der Waals surface area contributed by atoms with E-state index in [1.807, 2.05) is 60.7 Å². The van der Waals surface area contributed by atoms with Crippen molar-refractivity contribution in [1.29, 1.82) is 0 Å². The van der Waals surface area contributed by atoms with Crippen LogP contribution in [0, 0.1) is 0 Å². The monoisotopic (exact) mass is 242 g/mol. The lowest BCUT2D eigenvalue weighted by Crippen LogP contribution is -2.17. The van der Waals surface area contributed by atoms with Crippen molar-refractivity contribution in [2.24, 2.45) is 0 Å². The summed E-state index contributed by atoms with van der Waals surface area (Å²) < 4.78 is 5.83. The molecule has 0 saturated carbocycles. The van der Waals surface area contributed by atoms with E-state index >= 15 is 0 Å². The van der Waals surface area contributed by atoms with E-state index in [2.05, 4.69) is 0 Å². The van der Waals surface area contributed by atoms with Crippen LogP contribution in [0.25, 0.3) is 0 Å². The van der Waals surface area contributed by atoms with Crippen molar-refractivity contribution in [2.45, 2.75) is 25.7 Å². The zero-order valence-corrected chi connectivity index (χ0v) is 10.5. The fourth-order valence-electron chi connectivity index (χ4n) is 1.92. The van der Waals surface area contributed by atoms with Crippen LogP contribution in [0.15, 0.2) is 60.7 Å². The van der Waals surface area contributed by atoms with Crippen molar-refractivity contribution in [3.63, 3.8) is 0 Å². The molecule has 0 aromatic heterocycles. The van der Waals surface area contributed by atoms with E-state index in [9.17, 15) is 5.11 Å². The van der Waals surface area contributed by atoms with Crippen LogP contribution in [0.5, 0.6) is 0 Å². The van der Waals surface area contributed by atoms with Gasteiger partial charge >= 0.3 is 0 Å². The van der Waals surface area contributed by atoms with Gasteiger partial charge in [0.15, 0.2) is 0 Å². The van der Waals surface area contributed by atoms with Gasteiger partial charge in [0, 0.05) is 0 Å². The first-order valence-electron chi connectivity index (χ1n) is 6.16. The Labute approximate surface area is 108 Å². The molecule has 2 rings (SSSR count). The van der Waals surface area contributed by atoms with Crippen molar-refractivity contribution >= 4 is 0 Å². The largest absolute Gasteiger partial charge is 0.390 e. The summed E-state index contributed by atoms with van der Waals surface area (Å²) in [5.41, 5.74) is 2.11. The smallest absolute Gasteiger partial charge is 0.108 e. The summed E-state index contributed by atoms with van der Waals surface area (Å²) in [6.07, 6.45) is -0.817. The van der Waals surface area contributed by atoms with Gasteiger partial charge in [-0.05, 0) is 18.1 Å². The summed E-state index contributed by atoms with van der Waals surface area (Å²) >= 11 is 0. The van der Waals surface area contributed by atoms with Gasteiger partial charge in [0.05, 0.1) is 12.7 Å². The number of benzene rings is 2. The highest BCUT2D eigenvalue weighted by molar-refractivity contribution is 5.19. The quantitative estimate of drug-likeness (QED) is 0.871. The molecule has 1 N–H and O–H groups in total. The molecule has 0 amide bonds. The van der Waals surface area contributed by atoms with Crippen LogP contribution in [-0.4, -0.2) is 11.2 Å². The van der Waals surface area contributed by atoms with E-state index < -0.39 is 6.10 Å². The minimum absolute atomic E-state index is 0.286. The van der Waals surface area contributed by atoms with Gasteiger partial charge < -0.3 is 9.84 Å². The number of ether oxygens (including phenoxy) is 1. The molecule has 0 radical (unpaired) electrons. The molecule has 18 heavy (non-hydrogen) atoms. The number of aliphatic hydroxyl groups is 1. The molecule has 0 aliphatic rings. The topological polar surface area (TPSA) is 29.5 Å². The molecule has 2 nitrogen and oxygen atoms in total. The molecule has 0 saturated heterocycles. The Hall–Kier alpha value is -1.64. The van der Waals surface area contributed by atoms with Crippen molar-refractivity contribution in [2.75, 3.05) is 0 Å². The number of rotatable bonds is 5. The van der Waals surface area contributed by atoms with E-state index in [1.165, 1.54) is 0 Å². The van der Waals surface area contributed by atoms with E-state index in [-0.39, 0.29) is 6.10 Å². The lowest BCUT2D eigenvalue weighted by Gasteiger charge is -2.21. The second kappa shape index (κ2) is 6.34. The Morgan fingerprint density at radius 3 is 2.06 bits per heavy atom. The van der Waals surface area contributed by atoms with Crippen molar-refractivity contribution in [3.8, 4) is 0 Å². The molecule has 2 atom stereocenters. The van der Waals surface area contributed by atoms with Gasteiger partial charge in [-0.3, -0.25) is 0 Å². The van der Waals surface area contributed by atoms with Gasteiger partial charge in [0.2, 0.25) is 0 Å². The average molecular weight is 242 g/mol. The zero-order valence-electron chi connectivity index (χ0n) is 10.5. The maximum atomic E-state index is 9.82. The van der Waals surface area contributed by atoms with Crippen molar-refractivity contribution in [3.05, 3.63) is 71.8 Å². The predicted molar refractivity (Wildman–Crippen MR) is 72.1 cm³/mol. The second-order valence-electron chi connectivity index (χ2n) is 4.37. The van der Waals surface area contributed by atoms with Gasteiger partial charge in [-0.15, -0.1) is 0 Å². The van der Waals surface area contributed by atoms with Crippen LogP contribution in [0.3, 0.4) is 0 Å². The Bertz CT molecular complexity index is 451. The normalized spacial score (nSPS) is 14.1. The summed E-state index contributed by atoms with van der Waals surface area (Å²) in [4.78, 5) is 0. The Balaban J connectivity index is 2.04. The van der Waals surface area contributed by atoms with E-state index in [0.29, 0.717) is 6.61 Å². The fourth-order valence-corrected chi connectivity index (χ4v) is 1.92. The first-order valence-corrected chi connectivity index (χ1v) is 6.16. The van der Waals surface area contributed by atoms with Gasteiger partial charge in [0.1, 0.15) is 6.10 Å². The molecule has 94 valence electrons. The first kappa shape index (κ1) is 12.8. The third-order valence-corrected chi connectivity index (χ3v) is 2.84. The second-order valence-corrected chi connectivity index (χ2v) is 4.37. The van der Waals surface area contributed by atoms with E-state index in [0.717, 1.165) is 11.1 Å². The lowest BCUT2D eigenvalue weighted by atomic mass is 10.1. The van der Waals surface area contributed by atoms with Crippen LogP contribution in [0.4, 0.5) is 0 Å². The number of hydrogen-bond donors (Lipinski definition) is 1. The molecule has 2 heteroatoms. The van der Waals surface area contributed by atoms with Gasteiger partial charge in [-0.2, -0.15) is 0 Å². The molecule has 2 aromatic rings. The highest BCUT2D eigenvalue weighted by Gasteiger charge is 2.17. The summed E-state index contributed by atoms with van der Waals surface area (Å²) in [6.45, 7) is 2.26. The molecular weight excluding hydrogens is 224 g/mol. The summed E-state index contributed by atoms with van der Waals surface area (Å²) in [6, 6.07) is 19.8. The average Bonchev–Trinajstić information content (AvgIpc) is 2.41. The summed E-state index contributed by atoms with van der Waals surface area (Å²) in [5.74, 6) is 0. The highest BCUT2D eigenvalue weighted by Crippen LogP contribution is 2.22. The number of hydrogen-bond acceptors (Lipinski definition) is 2. The van der Waals surface area contributed by atoms with Gasteiger partial charge in [-0.25, -0.2) is 0 Å². The molecule has 0 unspecified atom stereocenters. The minimum Gasteiger partial charge on any atom is -0.390 e.